The molecule has 0 saturated heterocycles. The van der Waals surface area contributed by atoms with Crippen LogP contribution in [0.15, 0.2) is 48.7 Å². The minimum Gasteiger partial charge on any atom is -0.508 e. The molecular weight excluding hydrogens is 312 g/mol. The summed E-state index contributed by atoms with van der Waals surface area (Å²) >= 11 is 5.10. The Morgan fingerprint density at radius 1 is 1.04 bits per heavy atom. The zero-order chi connectivity index (χ0) is 16.4. The number of benzene rings is 2. The summed E-state index contributed by atoms with van der Waals surface area (Å²) in [6, 6.07) is 11.9. The first-order chi connectivity index (χ1) is 11.1. The maximum absolute atomic E-state index is 10.1. The smallest absolute Gasteiger partial charge is 0.197 e. The van der Waals surface area contributed by atoms with E-state index in [1.54, 1.807) is 19.4 Å². The summed E-state index contributed by atoms with van der Waals surface area (Å²) in [5, 5.41) is 19.6. The van der Waals surface area contributed by atoms with E-state index in [9.17, 15) is 10.2 Å². The van der Waals surface area contributed by atoms with E-state index in [0.717, 1.165) is 16.9 Å². The molecule has 0 radical (unpaired) electrons. The Labute approximate surface area is 137 Å². The van der Waals surface area contributed by atoms with Crippen molar-refractivity contribution in [2.24, 2.45) is 0 Å². The highest BCUT2D eigenvalue weighted by Gasteiger charge is 2.13. The molecule has 6 heteroatoms. The van der Waals surface area contributed by atoms with Crippen LogP contribution < -0.4 is 4.74 Å². The van der Waals surface area contributed by atoms with Crippen molar-refractivity contribution in [3.63, 3.8) is 0 Å². The molecule has 1 aromatic heterocycles. The van der Waals surface area contributed by atoms with Crippen LogP contribution in [-0.4, -0.2) is 27.3 Å². The summed E-state index contributed by atoms with van der Waals surface area (Å²) in [7, 11) is 1.61. The quantitative estimate of drug-likeness (QED) is 0.636. The molecule has 0 spiro atoms. The summed E-state index contributed by atoms with van der Waals surface area (Å²) in [6.07, 6.45) is 1.66. The van der Waals surface area contributed by atoms with Gasteiger partial charge in [-0.3, -0.25) is 0 Å². The fraction of sp³-hybridized carbons (Fsp3) is 0.0588. The van der Waals surface area contributed by atoms with Crippen LogP contribution in [0.2, 0.25) is 0 Å². The van der Waals surface area contributed by atoms with Crippen molar-refractivity contribution in [2.75, 3.05) is 7.11 Å². The molecule has 0 amide bonds. The van der Waals surface area contributed by atoms with Crippen LogP contribution in [0.1, 0.15) is 0 Å². The lowest BCUT2D eigenvalue weighted by Gasteiger charge is -2.12. The Hall–Kier alpha value is -2.86. The van der Waals surface area contributed by atoms with Gasteiger partial charge >= 0.3 is 0 Å². The second-order valence-electron chi connectivity index (χ2n) is 4.91. The lowest BCUT2D eigenvalue weighted by Crippen LogP contribution is -1.93. The van der Waals surface area contributed by atoms with Gasteiger partial charge in [0.1, 0.15) is 17.2 Å². The standard InChI is InChI=1S/C17H14N2O3S/c1-22-12-5-2-10(3-6-12)14-9-18-17(23)19-16(14)13-7-4-11(20)8-15(13)21/h2-9,20-21H,1H3,(H,18,19,23). The third kappa shape index (κ3) is 3.02. The van der Waals surface area contributed by atoms with E-state index in [2.05, 4.69) is 9.97 Å². The maximum Gasteiger partial charge on any atom is 0.197 e. The van der Waals surface area contributed by atoms with Crippen molar-refractivity contribution in [3.8, 4) is 39.6 Å². The molecule has 0 unspecified atom stereocenters. The van der Waals surface area contributed by atoms with E-state index in [0.29, 0.717) is 16.0 Å². The topological polar surface area (TPSA) is 78.4 Å². The van der Waals surface area contributed by atoms with E-state index in [1.807, 2.05) is 24.3 Å². The molecule has 5 nitrogen and oxygen atoms in total. The van der Waals surface area contributed by atoms with E-state index in [4.69, 9.17) is 17.0 Å². The molecule has 3 N–H and O–H groups in total. The first-order valence-electron chi connectivity index (χ1n) is 6.84. The Kier molecular flexibility index (Phi) is 3.99. The molecule has 0 aliphatic rings. The number of aromatic hydroxyl groups is 2. The summed E-state index contributed by atoms with van der Waals surface area (Å²) in [5.41, 5.74) is 2.84. The van der Waals surface area contributed by atoms with Crippen LogP contribution in [0.4, 0.5) is 0 Å². The number of ether oxygens (including phenoxy) is 1. The highest BCUT2D eigenvalue weighted by atomic mass is 32.1. The lowest BCUT2D eigenvalue weighted by molar-refractivity contribution is 0.415. The number of aromatic amines is 1. The molecule has 0 aliphatic carbocycles. The summed E-state index contributed by atoms with van der Waals surface area (Å²) in [4.78, 5) is 7.14. The number of phenolic OH excluding ortho intramolecular Hbond substituents is 2. The summed E-state index contributed by atoms with van der Waals surface area (Å²) in [6.45, 7) is 0. The SMILES string of the molecule is COc1ccc(-c2cnc(=S)[nH]c2-c2ccc(O)cc2O)cc1. The van der Waals surface area contributed by atoms with Gasteiger partial charge in [0.25, 0.3) is 0 Å². The number of methoxy groups -OCH3 is 1. The molecule has 0 fully saturated rings. The predicted octanol–water partition coefficient (Wildman–Crippen LogP) is 3.89. The maximum atomic E-state index is 10.1. The summed E-state index contributed by atoms with van der Waals surface area (Å²) in [5.74, 6) is 0.695. The second kappa shape index (κ2) is 6.10. The molecular formula is C17H14N2O3S. The first kappa shape index (κ1) is 15.1. The molecule has 3 rings (SSSR count). The lowest BCUT2D eigenvalue weighted by atomic mass is 10.00. The average Bonchev–Trinajstić information content (AvgIpc) is 2.55. The van der Waals surface area contributed by atoms with E-state index < -0.39 is 0 Å². The van der Waals surface area contributed by atoms with Crippen molar-refractivity contribution >= 4 is 12.2 Å². The number of hydrogen-bond acceptors (Lipinski definition) is 5. The number of nitrogens with zero attached hydrogens (tertiary/aromatic N) is 1. The molecule has 2 aromatic carbocycles. The van der Waals surface area contributed by atoms with Crippen LogP contribution >= 0.6 is 12.2 Å². The van der Waals surface area contributed by atoms with Crippen molar-refractivity contribution < 1.29 is 14.9 Å². The van der Waals surface area contributed by atoms with E-state index in [-0.39, 0.29) is 11.5 Å². The number of H-pyrrole nitrogens is 1. The molecule has 116 valence electrons. The number of hydrogen-bond donors (Lipinski definition) is 3. The second-order valence-corrected chi connectivity index (χ2v) is 5.29. The highest BCUT2D eigenvalue weighted by molar-refractivity contribution is 7.71. The van der Waals surface area contributed by atoms with Crippen LogP contribution in [0, 0.1) is 4.77 Å². The van der Waals surface area contributed by atoms with Crippen LogP contribution in [-0.2, 0) is 0 Å². The zero-order valence-electron chi connectivity index (χ0n) is 12.3. The van der Waals surface area contributed by atoms with Gasteiger partial charge in [-0.15, -0.1) is 0 Å². The zero-order valence-corrected chi connectivity index (χ0v) is 13.1. The fourth-order valence-corrected chi connectivity index (χ4v) is 2.48. The van der Waals surface area contributed by atoms with Gasteiger partial charge in [-0.2, -0.15) is 0 Å². The van der Waals surface area contributed by atoms with E-state index >= 15 is 0 Å². The van der Waals surface area contributed by atoms with Crippen molar-refractivity contribution in [1.29, 1.82) is 0 Å². The van der Waals surface area contributed by atoms with Crippen molar-refractivity contribution in [3.05, 3.63) is 53.4 Å². The Morgan fingerprint density at radius 2 is 1.78 bits per heavy atom. The van der Waals surface area contributed by atoms with Gasteiger partial charge in [-0.05, 0) is 42.0 Å². The number of aromatic nitrogens is 2. The van der Waals surface area contributed by atoms with Gasteiger partial charge in [-0.1, -0.05) is 12.1 Å². The number of nitrogens with one attached hydrogen (secondary N) is 1. The third-order valence-electron chi connectivity index (χ3n) is 3.46. The van der Waals surface area contributed by atoms with Gasteiger partial charge in [0.15, 0.2) is 4.77 Å². The first-order valence-corrected chi connectivity index (χ1v) is 7.25. The highest BCUT2D eigenvalue weighted by Crippen LogP contribution is 2.36. The molecule has 1 heterocycles. The van der Waals surface area contributed by atoms with Gasteiger partial charge < -0.3 is 19.9 Å². The predicted molar refractivity (Wildman–Crippen MR) is 90.2 cm³/mol. The molecule has 0 bridgehead atoms. The Morgan fingerprint density at radius 3 is 2.43 bits per heavy atom. The summed E-state index contributed by atoms with van der Waals surface area (Å²) < 4.78 is 5.47. The van der Waals surface area contributed by atoms with Crippen molar-refractivity contribution in [1.82, 2.24) is 9.97 Å². The number of phenols is 2. The minimum atomic E-state index is -0.0448. The van der Waals surface area contributed by atoms with E-state index in [1.165, 1.54) is 12.1 Å². The molecule has 0 saturated carbocycles. The van der Waals surface area contributed by atoms with Crippen LogP contribution in [0.5, 0.6) is 17.2 Å². The van der Waals surface area contributed by atoms with Crippen molar-refractivity contribution in [2.45, 2.75) is 0 Å². The number of rotatable bonds is 3. The molecule has 23 heavy (non-hydrogen) atoms. The Balaban J connectivity index is 2.20. The van der Waals surface area contributed by atoms with Gasteiger partial charge in [0, 0.05) is 23.4 Å². The van der Waals surface area contributed by atoms with Gasteiger partial charge in [-0.25, -0.2) is 4.98 Å². The minimum absolute atomic E-state index is 0.00935. The molecule has 0 atom stereocenters. The fourth-order valence-electron chi connectivity index (χ4n) is 2.33. The van der Waals surface area contributed by atoms with Crippen LogP contribution in [0.3, 0.4) is 0 Å². The largest absolute Gasteiger partial charge is 0.508 e. The Bertz CT molecular complexity index is 904. The van der Waals surface area contributed by atoms with Crippen LogP contribution in [0.25, 0.3) is 22.4 Å². The van der Waals surface area contributed by atoms with Gasteiger partial charge in [0.2, 0.25) is 0 Å². The average molecular weight is 326 g/mol. The monoisotopic (exact) mass is 326 g/mol. The normalized spacial score (nSPS) is 10.5. The molecule has 0 aliphatic heterocycles. The molecule has 3 aromatic rings. The third-order valence-corrected chi connectivity index (χ3v) is 3.67. The van der Waals surface area contributed by atoms with Gasteiger partial charge in [0.05, 0.1) is 12.8 Å².